The Morgan fingerprint density at radius 1 is 1.26 bits per heavy atom. The maximum absolute atomic E-state index is 13.8. The van der Waals surface area contributed by atoms with Gasteiger partial charge in [-0.05, 0) is 56.3 Å². The second-order valence-corrected chi connectivity index (χ2v) is 7.02. The zero-order chi connectivity index (χ0) is 19.0. The van der Waals surface area contributed by atoms with Gasteiger partial charge in [0.25, 0.3) is 5.56 Å². The number of hydrogen-bond donors (Lipinski definition) is 1. The van der Waals surface area contributed by atoms with Gasteiger partial charge in [-0.25, -0.2) is 4.39 Å². The van der Waals surface area contributed by atoms with E-state index in [2.05, 4.69) is 17.1 Å². The van der Waals surface area contributed by atoms with Gasteiger partial charge < -0.3 is 9.72 Å². The molecule has 4 rings (SSSR count). The number of likely N-dealkylation sites (tertiary alicyclic amines) is 1. The van der Waals surface area contributed by atoms with E-state index in [9.17, 15) is 14.0 Å². The molecule has 1 saturated heterocycles. The highest BCUT2D eigenvalue weighted by atomic mass is 19.1. The number of likely N-dealkylation sites (N-methyl/N-ethyl adjacent to an activating group) is 1. The summed E-state index contributed by atoms with van der Waals surface area (Å²) in [4.78, 5) is 27.7. The van der Waals surface area contributed by atoms with Gasteiger partial charge >= 0.3 is 0 Å². The number of carbonyl (C=O) groups is 1. The molecule has 0 spiro atoms. The van der Waals surface area contributed by atoms with Gasteiger partial charge in [-0.3, -0.25) is 19.1 Å². The van der Waals surface area contributed by atoms with Crippen LogP contribution in [0.2, 0.25) is 0 Å². The number of hydrogen-bond acceptors (Lipinski definition) is 3. The average molecular weight is 370 g/mol. The number of aromatic nitrogens is 2. The van der Waals surface area contributed by atoms with Gasteiger partial charge in [0.1, 0.15) is 17.9 Å². The summed E-state index contributed by atoms with van der Waals surface area (Å²) in [5, 5.41) is 2.94. The summed E-state index contributed by atoms with van der Waals surface area (Å²) in [7, 11) is 0. The molecule has 3 heterocycles. The van der Waals surface area contributed by atoms with Crippen LogP contribution in [-0.4, -0.2) is 45.5 Å². The van der Waals surface area contributed by atoms with E-state index in [0.717, 1.165) is 25.9 Å². The number of nitrogens with one attached hydrogen (secondary N) is 1. The molecule has 6 nitrogen and oxygen atoms in total. The van der Waals surface area contributed by atoms with E-state index < -0.39 is 5.82 Å². The first-order valence-corrected chi connectivity index (χ1v) is 9.38. The van der Waals surface area contributed by atoms with Crippen molar-refractivity contribution in [1.82, 2.24) is 19.2 Å². The zero-order valence-corrected chi connectivity index (χ0v) is 15.3. The second kappa shape index (κ2) is 7.15. The molecule has 2 aromatic heterocycles. The SMILES string of the molecule is CCN1CCC[C@@H]1CNC(=O)Cn1c(=O)c2cccn2c2ccc(F)cc21. The summed E-state index contributed by atoms with van der Waals surface area (Å²) in [5.74, 6) is -0.673. The van der Waals surface area contributed by atoms with Crippen molar-refractivity contribution in [3.8, 4) is 0 Å². The van der Waals surface area contributed by atoms with Crippen molar-refractivity contribution in [2.45, 2.75) is 32.4 Å². The first kappa shape index (κ1) is 17.7. The van der Waals surface area contributed by atoms with Gasteiger partial charge in [0.15, 0.2) is 0 Å². The molecule has 0 bridgehead atoms. The van der Waals surface area contributed by atoms with Crippen molar-refractivity contribution in [2.75, 3.05) is 19.6 Å². The lowest BCUT2D eigenvalue weighted by Gasteiger charge is -2.23. The van der Waals surface area contributed by atoms with E-state index in [1.54, 1.807) is 28.8 Å². The summed E-state index contributed by atoms with van der Waals surface area (Å²) in [6, 6.07) is 8.11. The Kier molecular flexibility index (Phi) is 4.70. The van der Waals surface area contributed by atoms with Crippen molar-refractivity contribution in [3.05, 3.63) is 52.7 Å². The van der Waals surface area contributed by atoms with Crippen LogP contribution in [0, 0.1) is 5.82 Å². The molecule has 27 heavy (non-hydrogen) atoms. The fourth-order valence-electron chi connectivity index (χ4n) is 4.06. The van der Waals surface area contributed by atoms with Crippen LogP contribution >= 0.6 is 0 Å². The Bertz CT molecular complexity index is 1060. The molecule has 0 aliphatic carbocycles. The monoisotopic (exact) mass is 370 g/mol. The summed E-state index contributed by atoms with van der Waals surface area (Å²) in [6.07, 6.45) is 3.97. The van der Waals surface area contributed by atoms with E-state index in [-0.39, 0.29) is 18.0 Å². The van der Waals surface area contributed by atoms with Gasteiger partial charge in [0.05, 0.1) is 11.0 Å². The van der Waals surface area contributed by atoms with Crippen molar-refractivity contribution < 1.29 is 9.18 Å². The average Bonchev–Trinajstić information content (AvgIpc) is 3.32. The van der Waals surface area contributed by atoms with Crippen LogP contribution in [0.3, 0.4) is 0 Å². The van der Waals surface area contributed by atoms with E-state index in [0.29, 0.717) is 29.1 Å². The molecule has 1 aromatic carbocycles. The quantitative estimate of drug-likeness (QED) is 0.747. The van der Waals surface area contributed by atoms with Gasteiger partial charge in [0.2, 0.25) is 5.91 Å². The number of halogens is 1. The maximum Gasteiger partial charge on any atom is 0.275 e. The second-order valence-electron chi connectivity index (χ2n) is 7.02. The predicted molar refractivity (Wildman–Crippen MR) is 102 cm³/mol. The van der Waals surface area contributed by atoms with Gasteiger partial charge in [-0.1, -0.05) is 6.92 Å². The van der Waals surface area contributed by atoms with E-state index in [4.69, 9.17) is 0 Å². The number of rotatable bonds is 5. The molecule has 1 aliphatic rings. The van der Waals surface area contributed by atoms with E-state index in [1.807, 2.05) is 0 Å². The predicted octanol–water partition coefficient (Wildman–Crippen LogP) is 1.99. The van der Waals surface area contributed by atoms with Gasteiger partial charge in [-0.15, -0.1) is 0 Å². The number of nitrogens with zero attached hydrogens (tertiary/aromatic N) is 3. The number of amides is 1. The molecule has 142 valence electrons. The Morgan fingerprint density at radius 2 is 2.11 bits per heavy atom. The molecule has 1 N–H and O–H groups in total. The fourth-order valence-corrected chi connectivity index (χ4v) is 4.06. The largest absolute Gasteiger partial charge is 0.353 e. The number of carbonyl (C=O) groups excluding carboxylic acids is 1. The highest BCUT2D eigenvalue weighted by Crippen LogP contribution is 2.17. The molecule has 0 unspecified atom stereocenters. The topological polar surface area (TPSA) is 58.8 Å². The standard InChI is InChI=1S/C20H23FN4O2/c1-2-23-9-3-5-15(23)12-22-19(26)13-25-18-11-14(21)7-8-16(18)24-10-4-6-17(24)20(25)27/h4,6-8,10-11,15H,2-3,5,9,12-13H2,1H3,(H,22,26)/t15-/m1/s1. The van der Waals surface area contributed by atoms with Crippen molar-refractivity contribution >= 4 is 22.5 Å². The minimum absolute atomic E-state index is 0.126. The van der Waals surface area contributed by atoms with Crippen LogP contribution in [0.25, 0.3) is 16.6 Å². The molecule has 1 amide bonds. The molecule has 7 heteroatoms. The van der Waals surface area contributed by atoms with Gasteiger partial charge in [-0.2, -0.15) is 0 Å². The molecule has 1 atom stereocenters. The molecule has 0 saturated carbocycles. The first-order valence-electron chi connectivity index (χ1n) is 9.38. The summed E-state index contributed by atoms with van der Waals surface area (Å²) in [5.41, 5.74) is 1.27. The van der Waals surface area contributed by atoms with Gasteiger partial charge in [0, 0.05) is 18.8 Å². The molecule has 3 aromatic rings. The minimum Gasteiger partial charge on any atom is -0.353 e. The van der Waals surface area contributed by atoms with Crippen LogP contribution in [0.15, 0.2) is 41.3 Å². The van der Waals surface area contributed by atoms with Crippen molar-refractivity contribution in [2.24, 2.45) is 0 Å². The van der Waals surface area contributed by atoms with Crippen LogP contribution in [-0.2, 0) is 11.3 Å². The van der Waals surface area contributed by atoms with Crippen LogP contribution in [0.4, 0.5) is 4.39 Å². The number of benzene rings is 1. The maximum atomic E-state index is 13.8. The van der Waals surface area contributed by atoms with Crippen LogP contribution in [0.5, 0.6) is 0 Å². The lowest BCUT2D eigenvalue weighted by molar-refractivity contribution is -0.121. The lowest BCUT2D eigenvalue weighted by Crippen LogP contribution is -2.42. The van der Waals surface area contributed by atoms with Crippen molar-refractivity contribution in [3.63, 3.8) is 0 Å². The van der Waals surface area contributed by atoms with Crippen LogP contribution in [0.1, 0.15) is 19.8 Å². The third kappa shape index (κ3) is 3.23. The highest BCUT2D eigenvalue weighted by molar-refractivity contribution is 5.82. The Balaban J connectivity index is 1.62. The lowest BCUT2D eigenvalue weighted by atomic mass is 10.2. The molecule has 0 radical (unpaired) electrons. The third-order valence-electron chi connectivity index (χ3n) is 5.44. The smallest absolute Gasteiger partial charge is 0.275 e. The minimum atomic E-state index is -0.438. The molecular formula is C20H23FN4O2. The normalized spacial score (nSPS) is 17.8. The van der Waals surface area contributed by atoms with Crippen molar-refractivity contribution in [1.29, 1.82) is 0 Å². The zero-order valence-electron chi connectivity index (χ0n) is 15.3. The summed E-state index contributed by atoms with van der Waals surface area (Å²) in [6.45, 7) is 4.59. The highest BCUT2D eigenvalue weighted by Gasteiger charge is 2.23. The third-order valence-corrected chi connectivity index (χ3v) is 5.44. The Hall–Kier alpha value is -2.67. The van der Waals surface area contributed by atoms with E-state index >= 15 is 0 Å². The molecular weight excluding hydrogens is 347 g/mol. The van der Waals surface area contributed by atoms with E-state index in [1.165, 1.54) is 16.7 Å². The van der Waals surface area contributed by atoms with Crippen LogP contribution < -0.4 is 10.9 Å². The first-order chi connectivity index (χ1) is 13.1. The molecule has 1 fully saturated rings. The Labute approximate surface area is 156 Å². The summed E-state index contributed by atoms with van der Waals surface area (Å²) >= 11 is 0. The fraction of sp³-hybridized carbons (Fsp3) is 0.400. The number of fused-ring (bicyclic) bond motifs is 3. The summed E-state index contributed by atoms with van der Waals surface area (Å²) < 4.78 is 16.9. The Morgan fingerprint density at radius 3 is 2.93 bits per heavy atom. The molecule has 1 aliphatic heterocycles.